The highest BCUT2D eigenvalue weighted by Gasteiger charge is 2.15. The Balaban J connectivity index is 1.77. The second-order valence-electron chi connectivity index (χ2n) is 7.24. The molecule has 1 heterocycles. The number of rotatable bonds is 9. The number of anilines is 1. The number of halogens is 1. The van der Waals surface area contributed by atoms with Crippen LogP contribution >= 0.6 is 11.3 Å². The first-order chi connectivity index (χ1) is 15.9. The van der Waals surface area contributed by atoms with Gasteiger partial charge in [0.25, 0.3) is 5.91 Å². The summed E-state index contributed by atoms with van der Waals surface area (Å²) in [6, 6.07) is 13.3. The highest BCUT2D eigenvalue weighted by molar-refractivity contribution is 7.15. The Hall–Kier alpha value is -3.77. The molecule has 1 N–H and O–H groups in total. The molecule has 1 aromatic heterocycles. The van der Waals surface area contributed by atoms with Crippen LogP contribution in [0.15, 0.2) is 48.0 Å². The summed E-state index contributed by atoms with van der Waals surface area (Å²) in [6.45, 7) is 6.20. The van der Waals surface area contributed by atoms with Crippen molar-refractivity contribution in [2.24, 2.45) is 0 Å². The van der Waals surface area contributed by atoms with E-state index in [-0.39, 0.29) is 23.9 Å². The van der Waals surface area contributed by atoms with Gasteiger partial charge in [0.1, 0.15) is 29.1 Å². The first-order valence-electron chi connectivity index (χ1n) is 10.3. The van der Waals surface area contributed by atoms with Gasteiger partial charge in [-0.3, -0.25) is 10.1 Å². The van der Waals surface area contributed by atoms with Crippen molar-refractivity contribution in [2.45, 2.75) is 33.3 Å². The van der Waals surface area contributed by atoms with Crippen molar-refractivity contribution >= 4 is 28.5 Å². The fraction of sp³-hybridized carbons (Fsp3) is 0.250. The van der Waals surface area contributed by atoms with Crippen molar-refractivity contribution in [3.8, 4) is 17.6 Å². The first kappa shape index (κ1) is 23.9. The van der Waals surface area contributed by atoms with Crippen LogP contribution in [0, 0.1) is 17.1 Å². The molecule has 1 amide bonds. The standard InChI is InChI=1S/C24H23FN4O3S/c1-4-31-21-12-16(9-10-20(21)32-14-17-7-5-6-8-19(17)25)11-18(13-26)22(30)27-24-29-28-23(33-24)15(2)3/h5-12,15H,4,14H2,1-3H3,(H,27,29,30)/b18-11-. The lowest BCUT2D eigenvalue weighted by molar-refractivity contribution is -0.112. The number of ether oxygens (including phenoxy) is 2. The topological polar surface area (TPSA) is 97.1 Å². The van der Waals surface area contributed by atoms with E-state index in [9.17, 15) is 14.4 Å². The molecule has 0 atom stereocenters. The Morgan fingerprint density at radius 1 is 1.21 bits per heavy atom. The third-order valence-corrected chi connectivity index (χ3v) is 5.58. The maximum Gasteiger partial charge on any atom is 0.268 e. The Kier molecular flexibility index (Phi) is 8.11. The van der Waals surface area contributed by atoms with Crippen LogP contribution in [0.1, 0.15) is 42.8 Å². The number of nitriles is 1. The summed E-state index contributed by atoms with van der Waals surface area (Å²) in [4.78, 5) is 12.5. The molecule has 0 aliphatic carbocycles. The summed E-state index contributed by atoms with van der Waals surface area (Å²) in [5.74, 6) is 0.105. The molecule has 0 aliphatic rings. The Morgan fingerprint density at radius 2 is 2.00 bits per heavy atom. The molecule has 9 heteroatoms. The zero-order valence-corrected chi connectivity index (χ0v) is 19.3. The van der Waals surface area contributed by atoms with Crippen LogP contribution in [0.25, 0.3) is 6.08 Å². The predicted molar refractivity (Wildman–Crippen MR) is 125 cm³/mol. The SMILES string of the molecule is CCOc1cc(/C=C(/C#N)C(=O)Nc2nnc(C(C)C)s2)ccc1OCc1ccccc1F. The summed E-state index contributed by atoms with van der Waals surface area (Å²) in [5.41, 5.74) is 0.895. The fourth-order valence-electron chi connectivity index (χ4n) is 2.77. The van der Waals surface area contributed by atoms with Gasteiger partial charge in [-0.25, -0.2) is 4.39 Å². The van der Waals surface area contributed by atoms with Crippen LogP contribution in [0.5, 0.6) is 11.5 Å². The smallest absolute Gasteiger partial charge is 0.268 e. The summed E-state index contributed by atoms with van der Waals surface area (Å²) in [7, 11) is 0. The number of nitrogens with one attached hydrogen (secondary N) is 1. The van der Waals surface area contributed by atoms with Gasteiger partial charge in [-0.15, -0.1) is 10.2 Å². The normalized spacial score (nSPS) is 11.2. The molecule has 0 fully saturated rings. The minimum atomic E-state index is -0.582. The maximum atomic E-state index is 13.9. The Morgan fingerprint density at radius 3 is 2.67 bits per heavy atom. The number of hydrogen-bond donors (Lipinski definition) is 1. The molecule has 7 nitrogen and oxygen atoms in total. The molecule has 2 aromatic carbocycles. The van der Waals surface area contributed by atoms with E-state index >= 15 is 0 Å². The minimum absolute atomic E-state index is 0.0357. The number of hydrogen-bond acceptors (Lipinski definition) is 7. The van der Waals surface area contributed by atoms with Gasteiger partial charge < -0.3 is 9.47 Å². The quantitative estimate of drug-likeness (QED) is 0.338. The average Bonchev–Trinajstić information content (AvgIpc) is 3.27. The first-order valence-corrected chi connectivity index (χ1v) is 11.1. The predicted octanol–water partition coefficient (Wildman–Crippen LogP) is 5.32. The fourth-order valence-corrected chi connectivity index (χ4v) is 3.51. The van der Waals surface area contributed by atoms with Gasteiger partial charge >= 0.3 is 0 Å². The third-order valence-electron chi connectivity index (χ3n) is 4.44. The number of benzene rings is 2. The number of carbonyl (C=O) groups is 1. The molecular formula is C24H23FN4O3S. The number of amides is 1. The second-order valence-corrected chi connectivity index (χ2v) is 8.25. The molecule has 0 saturated heterocycles. The Bertz CT molecular complexity index is 1200. The van der Waals surface area contributed by atoms with E-state index in [4.69, 9.17) is 9.47 Å². The summed E-state index contributed by atoms with van der Waals surface area (Å²) >= 11 is 1.27. The molecule has 33 heavy (non-hydrogen) atoms. The van der Waals surface area contributed by atoms with Crippen molar-refractivity contribution in [3.63, 3.8) is 0 Å². The number of carbonyl (C=O) groups excluding carboxylic acids is 1. The van der Waals surface area contributed by atoms with E-state index < -0.39 is 5.91 Å². The van der Waals surface area contributed by atoms with E-state index in [1.807, 2.05) is 26.8 Å². The number of nitrogens with zero attached hydrogens (tertiary/aromatic N) is 3. The van der Waals surface area contributed by atoms with Gasteiger partial charge in [-0.05, 0) is 36.8 Å². The average molecular weight is 467 g/mol. The lowest BCUT2D eigenvalue weighted by Crippen LogP contribution is -2.13. The second kappa shape index (κ2) is 11.2. The minimum Gasteiger partial charge on any atom is -0.490 e. The van der Waals surface area contributed by atoms with E-state index in [0.29, 0.717) is 34.4 Å². The third kappa shape index (κ3) is 6.37. The van der Waals surface area contributed by atoms with E-state index in [1.54, 1.807) is 36.4 Å². The van der Waals surface area contributed by atoms with Crippen molar-refractivity contribution in [2.75, 3.05) is 11.9 Å². The molecule has 0 radical (unpaired) electrons. The largest absolute Gasteiger partial charge is 0.490 e. The van der Waals surface area contributed by atoms with Crippen LogP contribution in [-0.2, 0) is 11.4 Å². The van der Waals surface area contributed by atoms with Crippen molar-refractivity contribution in [3.05, 3.63) is 70.0 Å². The van der Waals surface area contributed by atoms with Crippen molar-refractivity contribution in [1.82, 2.24) is 10.2 Å². The molecular weight excluding hydrogens is 443 g/mol. The van der Waals surface area contributed by atoms with Crippen molar-refractivity contribution < 1.29 is 18.7 Å². The van der Waals surface area contributed by atoms with Gasteiger partial charge in [0, 0.05) is 11.5 Å². The number of aromatic nitrogens is 2. The van der Waals surface area contributed by atoms with Crippen LogP contribution < -0.4 is 14.8 Å². The highest BCUT2D eigenvalue weighted by Crippen LogP contribution is 2.30. The molecule has 170 valence electrons. The van der Waals surface area contributed by atoms with Gasteiger partial charge in [0.15, 0.2) is 11.5 Å². The lowest BCUT2D eigenvalue weighted by atomic mass is 10.1. The summed E-state index contributed by atoms with van der Waals surface area (Å²) in [6.07, 6.45) is 1.45. The summed E-state index contributed by atoms with van der Waals surface area (Å²) < 4.78 is 25.3. The van der Waals surface area contributed by atoms with Gasteiger partial charge in [0.05, 0.1) is 6.61 Å². The van der Waals surface area contributed by atoms with Gasteiger partial charge in [0.2, 0.25) is 5.13 Å². The molecule has 0 spiro atoms. The highest BCUT2D eigenvalue weighted by atomic mass is 32.1. The van der Waals surface area contributed by atoms with Gasteiger partial charge in [-0.2, -0.15) is 5.26 Å². The van der Waals surface area contributed by atoms with E-state index in [1.165, 1.54) is 23.5 Å². The van der Waals surface area contributed by atoms with Gasteiger partial charge in [-0.1, -0.05) is 49.4 Å². The molecule has 3 rings (SSSR count). The molecule has 0 unspecified atom stereocenters. The zero-order chi connectivity index (χ0) is 23.8. The molecule has 3 aromatic rings. The molecule has 0 saturated carbocycles. The van der Waals surface area contributed by atoms with Crippen molar-refractivity contribution in [1.29, 1.82) is 5.26 Å². The van der Waals surface area contributed by atoms with Crippen LogP contribution in [-0.4, -0.2) is 22.7 Å². The van der Waals surface area contributed by atoms with Crippen LogP contribution in [0.4, 0.5) is 9.52 Å². The summed E-state index contributed by atoms with van der Waals surface area (Å²) in [5, 5.41) is 21.2. The van der Waals surface area contributed by atoms with Crippen LogP contribution in [0.2, 0.25) is 0 Å². The van der Waals surface area contributed by atoms with E-state index in [2.05, 4.69) is 15.5 Å². The molecule has 0 bridgehead atoms. The zero-order valence-electron chi connectivity index (χ0n) is 18.5. The molecule has 0 aliphatic heterocycles. The van der Waals surface area contributed by atoms with E-state index in [0.717, 1.165) is 5.01 Å². The lowest BCUT2D eigenvalue weighted by Gasteiger charge is -2.13. The van der Waals surface area contributed by atoms with Crippen LogP contribution in [0.3, 0.4) is 0 Å². The maximum absolute atomic E-state index is 13.9. The monoisotopic (exact) mass is 466 g/mol. The Labute approximate surface area is 195 Å².